The van der Waals surface area contributed by atoms with Gasteiger partial charge >= 0.3 is 6.18 Å². The molecular formula is C27H36F3N3O4S. The van der Waals surface area contributed by atoms with Crippen molar-refractivity contribution in [2.45, 2.75) is 91.1 Å². The fourth-order valence-corrected chi connectivity index (χ4v) is 4.54. The quantitative estimate of drug-likeness (QED) is 0.319. The number of hydrogen-bond acceptors (Lipinski definition) is 6. The van der Waals surface area contributed by atoms with E-state index in [9.17, 15) is 18.0 Å². The molecule has 2 heterocycles. The molecule has 0 bridgehead atoms. The van der Waals surface area contributed by atoms with Gasteiger partial charge in [0, 0.05) is 17.7 Å². The number of thiazole rings is 1. The number of carbonyl (C=O) groups excluding carboxylic acids is 1. The van der Waals surface area contributed by atoms with Gasteiger partial charge in [-0.3, -0.25) is 15.1 Å². The Labute approximate surface area is 225 Å². The zero-order valence-electron chi connectivity index (χ0n) is 22.9. The van der Waals surface area contributed by atoms with E-state index in [1.54, 1.807) is 6.92 Å². The lowest BCUT2D eigenvalue weighted by atomic mass is 9.95. The summed E-state index contributed by atoms with van der Waals surface area (Å²) in [6, 6.07) is 2.76. The number of hydrogen-bond donors (Lipinski definition) is 1. The summed E-state index contributed by atoms with van der Waals surface area (Å²) in [5.41, 5.74) is 1.23. The summed E-state index contributed by atoms with van der Waals surface area (Å²) >= 11 is 1.33. The van der Waals surface area contributed by atoms with Crippen molar-refractivity contribution >= 4 is 17.2 Å². The minimum absolute atomic E-state index is 0.00477. The van der Waals surface area contributed by atoms with Gasteiger partial charge in [0.2, 0.25) is 0 Å². The second kappa shape index (κ2) is 11.6. The number of ether oxygens (including phenoxy) is 2. The predicted octanol–water partition coefficient (Wildman–Crippen LogP) is 6.35. The Bertz CT molecular complexity index is 1230. The molecule has 1 fully saturated rings. The van der Waals surface area contributed by atoms with Crippen molar-refractivity contribution < 1.29 is 32.3 Å². The summed E-state index contributed by atoms with van der Waals surface area (Å²) in [6.45, 7) is 14.5. The van der Waals surface area contributed by atoms with Crippen molar-refractivity contribution in [2.24, 2.45) is 4.99 Å². The fraction of sp³-hybridized carbons (Fsp3) is 0.556. The molecule has 1 atom stereocenters. The Hall–Kier alpha value is -2.63. The summed E-state index contributed by atoms with van der Waals surface area (Å²) in [5.74, 6) is -0.888. The van der Waals surface area contributed by atoms with Crippen molar-refractivity contribution in [3.05, 3.63) is 57.2 Å². The van der Waals surface area contributed by atoms with Gasteiger partial charge in [-0.1, -0.05) is 20.8 Å². The second-order valence-electron chi connectivity index (χ2n) is 11.3. The zero-order valence-corrected chi connectivity index (χ0v) is 23.7. The standard InChI is InChI=1S/C27H36F3N3O4S/c1-17(32-37-26(5,6)7)16-36-21-11-10-18(27(28,29)30)13-20(21)23(34)31-24-33(14-19-9-8-12-35-19)15-22(38-24)25(2,3)4/h10-11,13,15-16,19,32H,8-9,12,14H2,1-7H3/t19-/m1/s1. The van der Waals surface area contributed by atoms with Crippen LogP contribution in [0.25, 0.3) is 0 Å². The molecule has 1 saturated heterocycles. The second-order valence-corrected chi connectivity index (χ2v) is 12.3. The van der Waals surface area contributed by atoms with Crippen LogP contribution in [0.5, 0.6) is 5.75 Å². The predicted molar refractivity (Wildman–Crippen MR) is 140 cm³/mol. The highest BCUT2D eigenvalue weighted by atomic mass is 32.1. The molecule has 0 saturated carbocycles. The molecule has 2 aromatic rings. The molecule has 1 aliphatic rings. The highest BCUT2D eigenvalue weighted by Gasteiger charge is 2.32. The van der Waals surface area contributed by atoms with Gasteiger partial charge in [-0.15, -0.1) is 11.3 Å². The number of carbonyl (C=O) groups is 1. The highest BCUT2D eigenvalue weighted by Crippen LogP contribution is 2.33. The lowest BCUT2D eigenvalue weighted by molar-refractivity contribution is -0.137. The van der Waals surface area contributed by atoms with Crippen molar-refractivity contribution in [1.29, 1.82) is 0 Å². The van der Waals surface area contributed by atoms with E-state index in [0.29, 0.717) is 23.7 Å². The third-order valence-corrected chi connectivity index (χ3v) is 6.94. The Morgan fingerprint density at radius 2 is 1.95 bits per heavy atom. The number of rotatable bonds is 7. The largest absolute Gasteiger partial charge is 0.462 e. The Morgan fingerprint density at radius 1 is 1.24 bits per heavy atom. The number of benzene rings is 1. The van der Waals surface area contributed by atoms with E-state index in [-0.39, 0.29) is 22.8 Å². The van der Waals surface area contributed by atoms with Crippen molar-refractivity contribution in [2.75, 3.05) is 6.61 Å². The maximum atomic E-state index is 13.5. The molecule has 1 aliphatic heterocycles. The zero-order chi connectivity index (χ0) is 28.3. The van der Waals surface area contributed by atoms with Gasteiger partial charge in [-0.05, 0) is 64.2 Å². The van der Waals surface area contributed by atoms with Crippen LogP contribution in [-0.4, -0.2) is 28.8 Å². The first-order valence-corrected chi connectivity index (χ1v) is 13.2. The molecule has 0 unspecified atom stereocenters. The molecule has 1 N–H and O–H groups in total. The minimum Gasteiger partial charge on any atom is -0.462 e. The first-order chi connectivity index (χ1) is 17.5. The summed E-state index contributed by atoms with van der Waals surface area (Å²) < 4.78 is 53.7. The van der Waals surface area contributed by atoms with Crippen LogP contribution in [0.2, 0.25) is 0 Å². The molecule has 3 rings (SSSR count). The highest BCUT2D eigenvalue weighted by molar-refractivity contribution is 7.09. The van der Waals surface area contributed by atoms with Crippen molar-refractivity contribution in [1.82, 2.24) is 10.0 Å². The summed E-state index contributed by atoms with van der Waals surface area (Å²) in [6.07, 6.45) is 0.422. The van der Waals surface area contributed by atoms with Gasteiger partial charge in [0.25, 0.3) is 5.91 Å². The molecule has 7 nitrogen and oxygen atoms in total. The first-order valence-electron chi connectivity index (χ1n) is 12.4. The van der Waals surface area contributed by atoms with Crippen LogP contribution in [-0.2, 0) is 27.7 Å². The van der Waals surface area contributed by atoms with Crippen LogP contribution in [0.3, 0.4) is 0 Å². The maximum Gasteiger partial charge on any atom is 0.416 e. The van der Waals surface area contributed by atoms with Gasteiger partial charge in [0.1, 0.15) is 12.0 Å². The number of hydroxylamine groups is 1. The molecular weight excluding hydrogens is 519 g/mol. The molecule has 210 valence electrons. The van der Waals surface area contributed by atoms with E-state index in [2.05, 4.69) is 10.5 Å². The van der Waals surface area contributed by atoms with Gasteiger partial charge < -0.3 is 14.0 Å². The number of nitrogens with zero attached hydrogens (tertiary/aromatic N) is 2. The van der Waals surface area contributed by atoms with E-state index in [1.807, 2.05) is 52.3 Å². The lowest BCUT2D eigenvalue weighted by Crippen LogP contribution is -2.28. The smallest absolute Gasteiger partial charge is 0.416 e. The molecule has 1 aromatic carbocycles. The normalized spacial score (nSPS) is 17.7. The maximum absolute atomic E-state index is 13.5. The van der Waals surface area contributed by atoms with Gasteiger partial charge in [-0.25, -0.2) is 0 Å². The number of aromatic nitrogens is 1. The number of alkyl halides is 3. The summed E-state index contributed by atoms with van der Waals surface area (Å²) in [4.78, 5) is 24.5. The Morgan fingerprint density at radius 3 is 2.53 bits per heavy atom. The van der Waals surface area contributed by atoms with E-state index in [1.165, 1.54) is 17.6 Å². The first kappa shape index (κ1) is 29.9. The van der Waals surface area contributed by atoms with Crippen LogP contribution < -0.4 is 15.0 Å². The molecule has 0 spiro atoms. The molecule has 0 radical (unpaired) electrons. The third-order valence-electron chi connectivity index (χ3n) is 5.50. The third kappa shape index (κ3) is 8.44. The molecule has 38 heavy (non-hydrogen) atoms. The average molecular weight is 556 g/mol. The van der Waals surface area contributed by atoms with Crippen LogP contribution in [0, 0.1) is 0 Å². The fourth-order valence-electron chi connectivity index (χ4n) is 3.49. The summed E-state index contributed by atoms with van der Waals surface area (Å²) in [7, 11) is 0. The van der Waals surface area contributed by atoms with Crippen LogP contribution in [0.1, 0.15) is 82.1 Å². The van der Waals surface area contributed by atoms with Gasteiger partial charge in [0.15, 0.2) is 4.80 Å². The van der Waals surface area contributed by atoms with Crippen LogP contribution in [0.15, 0.2) is 41.3 Å². The molecule has 11 heteroatoms. The Balaban J connectivity index is 2.00. The van der Waals surface area contributed by atoms with E-state index < -0.39 is 23.2 Å². The number of amides is 1. The SMILES string of the molecule is CC(=COc1ccc(C(F)(F)F)cc1C(=O)N=c1sc(C(C)(C)C)cn1C[C@H]1CCCO1)NOC(C)(C)C. The average Bonchev–Trinajstić information content (AvgIpc) is 3.45. The number of allylic oxidation sites excluding steroid dienone is 1. The number of nitrogens with one attached hydrogen (secondary N) is 1. The van der Waals surface area contributed by atoms with E-state index >= 15 is 0 Å². The molecule has 1 amide bonds. The topological polar surface area (TPSA) is 74.1 Å². The van der Waals surface area contributed by atoms with Crippen LogP contribution >= 0.6 is 11.3 Å². The lowest BCUT2D eigenvalue weighted by Gasteiger charge is -2.20. The van der Waals surface area contributed by atoms with Crippen LogP contribution in [0.4, 0.5) is 13.2 Å². The van der Waals surface area contributed by atoms with E-state index in [0.717, 1.165) is 35.9 Å². The minimum atomic E-state index is -4.64. The monoisotopic (exact) mass is 555 g/mol. The Kier molecular flexibility index (Phi) is 9.16. The van der Waals surface area contributed by atoms with Gasteiger partial charge in [0.05, 0.1) is 35.1 Å². The summed E-state index contributed by atoms with van der Waals surface area (Å²) in [5, 5.41) is 0. The number of halogens is 3. The van der Waals surface area contributed by atoms with Crippen molar-refractivity contribution in [3.8, 4) is 5.75 Å². The van der Waals surface area contributed by atoms with Gasteiger partial charge in [-0.2, -0.15) is 18.2 Å². The molecule has 0 aliphatic carbocycles. The van der Waals surface area contributed by atoms with Crippen molar-refractivity contribution in [3.63, 3.8) is 0 Å². The molecule has 1 aromatic heterocycles. The van der Waals surface area contributed by atoms with E-state index in [4.69, 9.17) is 14.3 Å².